The summed E-state index contributed by atoms with van der Waals surface area (Å²) in [6.07, 6.45) is 0. The molecule has 0 aliphatic heterocycles. The standard InChI is InChI=1S/C22H16N4O4/c1-14-13-16(11-12-19(14)26(28)29)21(27)23-18-10-6-5-9-17(18)22-24-20(25-30-22)15-7-3-2-4-8-15/h2-13H,1H3,(H,23,27). The van der Waals surface area contributed by atoms with Crippen molar-refractivity contribution in [2.75, 3.05) is 5.32 Å². The highest BCUT2D eigenvalue weighted by Gasteiger charge is 2.18. The fourth-order valence-electron chi connectivity index (χ4n) is 3.01. The van der Waals surface area contributed by atoms with Gasteiger partial charge in [-0.05, 0) is 31.2 Å². The van der Waals surface area contributed by atoms with Gasteiger partial charge >= 0.3 is 0 Å². The van der Waals surface area contributed by atoms with Gasteiger partial charge in [-0.1, -0.05) is 47.6 Å². The molecule has 1 amide bonds. The topological polar surface area (TPSA) is 111 Å². The summed E-state index contributed by atoms with van der Waals surface area (Å²) in [5.41, 5.74) is 2.55. The predicted molar refractivity (Wildman–Crippen MR) is 111 cm³/mol. The van der Waals surface area contributed by atoms with Gasteiger partial charge in [-0.3, -0.25) is 14.9 Å². The molecule has 0 atom stereocenters. The molecule has 4 rings (SSSR count). The van der Waals surface area contributed by atoms with E-state index in [1.54, 1.807) is 31.2 Å². The third kappa shape index (κ3) is 3.79. The second kappa shape index (κ2) is 7.96. The van der Waals surface area contributed by atoms with Crippen LogP contribution in [0.2, 0.25) is 0 Å². The Morgan fingerprint density at radius 3 is 2.50 bits per heavy atom. The second-order valence-electron chi connectivity index (χ2n) is 6.55. The van der Waals surface area contributed by atoms with Crippen molar-refractivity contribution in [3.8, 4) is 22.8 Å². The minimum atomic E-state index is -0.480. The summed E-state index contributed by atoms with van der Waals surface area (Å²) in [7, 11) is 0. The maximum atomic E-state index is 12.7. The monoisotopic (exact) mass is 400 g/mol. The Morgan fingerprint density at radius 1 is 1.03 bits per heavy atom. The summed E-state index contributed by atoms with van der Waals surface area (Å²) in [5, 5.41) is 17.8. The number of benzene rings is 3. The molecule has 0 fully saturated rings. The SMILES string of the molecule is Cc1cc(C(=O)Nc2ccccc2-c2nc(-c3ccccc3)no2)ccc1[N+](=O)[O-]. The minimum Gasteiger partial charge on any atom is -0.334 e. The number of aryl methyl sites for hydroxylation is 1. The van der Waals surface area contributed by atoms with Crippen LogP contribution < -0.4 is 5.32 Å². The van der Waals surface area contributed by atoms with E-state index in [0.29, 0.717) is 28.2 Å². The zero-order chi connectivity index (χ0) is 21.1. The Hall–Kier alpha value is -4.33. The van der Waals surface area contributed by atoms with Crippen LogP contribution in [0.25, 0.3) is 22.8 Å². The van der Waals surface area contributed by atoms with Gasteiger partial charge in [-0.25, -0.2) is 0 Å². The minimum absolute atomic E-state index is 0.0359. The molecule has 0 radical (unpaired) electrons. The van der Waals surface area contributed by atoms with Crippen molar-refractivity contribution in [1.82, 2.24) is 10.1 Å². The molecule has 8 heteroatoms. The number of amides is 1. The Morgan fingerprint density at radius 2 is 1.77 bits per heavy atom. The van der Waals surface area contributed by atoms with Crippen LogP contribution >= 0.6 is 0 Å². The maximum Gasteiger partial charge on any atom is 0.272 e. The zero-order valence-electron chi connectivity index (χ0n) is 15.9. The number of hydrogen-bond donors (Lipinski definition) is 1. The van der Waals surface area contributed by atoms with E-state index in [-0.39, 0.29) is 11.6 Å². The highest BCUT2D eigenvalue weighted by Crippen LogP contribution is 2.29. The van der Waals surface area contributed by atoms with Crippen molar-refractivity contribution in [3.05, 3.63) is 94.0 Å². The fraction of sp³-hybridized carbons (Fsp3) is 0.0455. The summed E-state index contributed by atoms with van der Waals surface area (Å²) in [6, 6.07) is 20.7. The molecule has 30 heavy (non-hydrogen) atoms. The van der Waals surface area contributed by atoms with Crippen LogP contribution in [0.4, 0.5) is 11.4 Å². The van der Waals surface area contributed by atoms with Gasteiger partial charge in [-0.2, -0.15) is 4.98 Å². The highest BCUT2D eigenvalue weighted by atomic mass is 16.6. The van der Waals surface area contributed by atoms with Crippen LogP contribution in [0, 0.1) is 17.0 Å². The first-order valence-corrected chi connectivity index (χ1v) is 9.08. The van der Waals surface area contributed by atoms with Crippen molar-refractivity contribution in [2.45, 2.75) is 6.92 Å². The molecule has 0 aliphatic carbocycles. The largest absolute Gasteiger partial charge is 0.334 e. The first-order chi connectivity index (χ1) is 14.5. The number of para-hydroxylation sites is 1. The first kappa shape index (κ1) is 19.0. The molecule has 148 valence electrons. The summed E-state index contributed by atoms with van der Waals surface area (Å²) in [5.74, 6) is 0.311. The van der Waals surface area contributed by atoms with Crippen molar-refractivity contribution < 1.29 is 14.2 Å². The zero-order valence-corrected chi connectivity index (χ0v) is 15.9. The van der Waals surface area contributed by atoms with Gasteiger partial charge in [0.15, 0.2) is 0 Å². The van der Waals surface area contributed by atoms with E-state index < -0.39 is 10.8 Å². The molecular weight excluding hydrogens is 384 g/mol. The van der Waals surface area contributed by atoms with Crippen LogP contribution in [0.3, 0.4) is 0 Å². The lowest BCUT2D eigenvalue weighted by Gasteiger charge is -2.09. The summed E-state index contributed by atoms with van der Waals surface area (Å²) in [4.78, 5) is 27.6. The molecule has 0 aliphatic rings. The van der Waals surface area contributed by atoms with Gasteiger partial charge in [0.05, 0.1) is 16.2 Å². The van der Waals surface area contributed by atoms with Crippen LogP contribution in [0.5, 0.6) is 0 Å². The Kier molecular flexibility index (Phi) is 5.04. The van der Waals surface area contributed by atoms with Gasteiger partial charge in [-0.15, -0.1) is 0 Å². The van der Waals surface area contributed by atoms with Crippen LogP contribution in [0.15, 0.2) is 77.3 Å². The molecule has 1 aromatic heterocycles. The van der Waals surface area contributed by atoms with E-state index in [2.05, 4.69) is 15.5 Å². The molecule has 0 unspecified atom stereocenters. The highest BCUT2D eigenvalue weighted by molar-refractivity contribution is 6.06. The molecule has 3 aromatic carbocycles. The molecular formula is C22H16N4O4. The number of carbonyl (C=O) groups is 1. The molecule has 1 N–H and O–H groups in total. The predicted octanol–water partition coefficient (Wildman–Crippen LogP) is 4.87. The number of carbonyl (C=O) groups excluding carboxylic acids is 1. The normalized spacial score (nSPS) is 10.6. The van der Waals surface area contributed by atoms with Gasteiger partial charge in [0.25, 0.3) is 17.5 Å². The summed E-state index contributed by atoms with van der Waals surface area (Å²) < 4.78 is 5.41. The van der Waals surface area contributed by atoms with Crippen LogP contribution in [-0.2, 0) is 0 Å². The molecule has 0 spiro atoms. The molecule has 0 saturated heterocycles. The van der Waals surface area contributed by atoms with E-state index in [4.69, 9.17) is 4.52 Å². The van der Waals surface area contributed by atoms with Gasteiger partial charge in [0.2, 0.25) is 5.82 Å². The van der Waals surface area contributed by atoms with E-state index >= 15 is 0 Å². The van der Waals surface area contributed by atoms with E-state index in [1.165, 1.54) is 18.2 Å². The summed E-state index contributed by atoms with van der Waals surface area (Å²) in [6.45, 7) is 1.59. The average Bonchev–Trinajstić information content (AvgIpc) is 3.24. The molecule has 1 heterocycles. The van der Waals surface area contributed by atoms with Gasteiger partial charge in [0.1, 0.15) is 0 Å². The van der Waals surface area contributed by atoms with Crippen molar-refractivity contribution in [3.63, 3.8) is 0 Å². The number of hydrogen-bond acceptors (Lipinski definition) is 6. The van der Waals surface area contributed by atoms with Gasteiger partial charge in [0, 0.05) is 22.8 Å². The van der Waals surface area contributed by atoms with Crippen molar-refractivity contribution >= 4 is 17.3 Å². The number of nitro groups is 1. The van der Waals surface area contributed by atoms with Crippen LogP contribution in [0.1, 0.15) is 15.9 Å². The summed E-state index contributed by atoms with van der Waals surface area (Å²) >= 11 is 0. The van der Waals surface area contributed by atoms with Gasteiger partial charge < -0.3 is 9.84 Å². The first-order valence-electron chi connectivity index (χ1n) is 9.08. The lowest BCUT2D eigenvalue weighted by atomic mass is 10.1. The molecule has 4 aromatic rings. The third-order valence-corrected chi connectivity index (χ3v) is 4.52. The Labute approximate surface area is 171 Å². The molecule has 0 saturated carbocycles. The quantitative estimate of drug-likeness (QED) is 0.378. The van der Waals surface area contributed by atoms with E-state index in [0.717, 1.165) is 5.56 Å². The van der Waals surface area contributed by atoms with Crippen molar-refractivity contribution in [1.29, 1.82) is 0 Å². The van der Waals surface area contributed by atoms with Crippen LogP contribution in [-0.4, -0.2) is 21.0 Å². The Balaban J connectivity index is 1.62. The van der Waals surface area contributed by atoms with E-state index in [9.17, 15) is 14.9 Å². The number of anilines is 1. The number of aromatic nitrogens is 2. The molecule has 8 nitrogen and oxygen atoms in total. The smallest absolute Gasteiger partial charge is 0.272 e. The maximum absolute atomic E-state index is 12.7. The molecule has 0 bridgehead atoms. The number of nitrogens with one attached hydrogen (secondary N) is 1. The number of nitro benzene ring substituents is 1. The van der Waals surface area contributed by atoms with Crippen molar-refractivity contribution in [2.24, 2.45) is 0 Å². The second-order valence-corrected chi connectivity index (χ2v) is 6.55. The Bertz CT molecular complexity index is 1230. The fourth-order valence-corrected chi connectivity index (χ4v) is 3.01. The number of nitrogens with zero attached hydrogens (tertiary/aromatic N) is 3. The average molecular weight is 400 g/mol. The lowest BCUT2D eigenvalue weighted by molar-refractivity contribution is -0.385. The number of rotatable bonds is 5. The van der Waals surface area contributed by atoms with E-state index in [1.807, 2.05) is 30.3 Å². The third-order valence-electron chi connectivity index (χ3n) is 4.52. The lowest BCUT2D eigenvalue weighted by Crippen LogP contribution is -2.13.